The minimum Gasteiger partial charge on any atom is -0.357 e. The van der Waals surface area contributed by atoms with E-state index in [1.165, 1.54) is 0 Å². The molecule has 0 aliphatic heterocycles. The third kappa shape index (κ3) is 5.36. The van der Waals surface area contributed by atoms with Crippen LogP contribution in [0.5, 0.6) is 0 Å². The number of hydrogen-bond acceptors (Lipinski definition) is 3. The molecule has 0 unspecified atom stereocenters. The number of hydrazine groups is 1. The first kappa shape index (κ1) is 14.9. The summed E-state index contributed by atoms with van der Waals surface area (Å²) >= 11 is 5.03. The van der Waals surface area contributed by atoms with Gasteiger partial charge in [0.25, 0.3) is 5.91 Å². The maximum atomic E-state index is 11.8. The van der Waals surface area contributed by atoms with Gasteiger partial charge in [0.1, 0.15) is 0 Å². The zero-order chi connectivity index (χ0) is 14.5. The molecule has 0 aromatic heterocycles. The number of hydrogen-bond donors (Lipinski definition) is 3. The smallest absolute Gasteiger partial charge is 0.269 e. The maximum absolute atomic E-state index is 11.8. The number of amides is 1. The summed E-state index contributed by atoms with van der Waals surface area (Å²) in [4.78, 5) is 11.8. The molecule has 19 heavy (non-hydrogen) atoms. The van der Waals surface area contributed by atoms with Crippen molar-refractivity contribution in [2.75, 3.05) is 0 Å². The fourth-order valence-electron chi connectivity index (χ4n) is 1.25. The Bertz CT molecular complexity index is 511. The minimum absolute atomic E-state index is 0.177. The van der Waals surface area contributed by atoms with E-state index in [0.29, 0.717) is 16.2 Å². The van der Waals surface area contributed by atoms with E-state index in [2.05, 4.69) is 16.2 Å². The molecule has 1 aromatic carbocycles. The van der Waals surface area contributed by atoms with E-state index in [0.717, 1.165) is 0 Å². The Hall–Kier alpha value is -2.13. The molecule has 0 aliphatic rings. The second-order valence-corrected chi connectivity index (χ2v) is 5.38. The highest BCUT2D eigenvalue weighted by Crippen LogP contribution is 2.02. The minimum atomic E-state index is -0.317. The lowest BCUT2D eigenvalue weighted by molar-refractivity contribution is 0.0943. The van der Waals surface area contributed by atoms with Crippen LogP contribution in [0.3, 0.4) is 0 Å². The summed E-state index contributed by atoms with van der Waals surface area (Å²) in [5.41, 5.74) is 5.89. The van der Waals surface area contributed by atoms with Crippen LogP contribution in [0.25, 0.3) is 0 Å². The van der Waals surface area contributed by atoms with Gasteiger partial charge in [0.2, 0.25) is 0 Å². The zero-order valence-electron chi connectivity index (χ0n) is 11.1. The summed E-state index contributed by atoms with van der Waals surface area (Å²) < 4.78 is 0. The molecule has 0 radical (unpaired) electrons. The summed E-state index contributed by atoms with van der Waals surface area (Å²) in [6.07, 6.45) is 0. The molecule has 0 fully saturated rings. The number of nitrogens with zero attached hydrogens (tertiary/aromatic N) is 1. The Morgan fingerprint density at radius 2 is 1.79 bits per heavy atom. The highest BCUT2D eigenvalue weighted by atomic mass is 32.1. The first-order chi connectivity index (χ1) is 8.81. The molecule has 100 valence electrons. The number of nitrogens with one attached hydrogen (secondary N) is 3. The topological polar surface area (TPSA) is 76.9 Å². The Labute approximate surface area is 118 Å². The number of thiocarbonyl (C=S) groups is 1. The third-order valence-electron chi connectivity index (χ3n) is 2.05. The lowest BCUT2D eigenvalue weighted by Gasteiger charge is -2.23. The van der Waals surface area contributed by atoms with Crippen molar-refractivity contribution in [1.82, 2.24) is 16.2 Å². The molecular formula is C13H16N4OS. The fourth-order valence-corrected chi connectivity index (χ4v) is 1.61. The third-order valence-corrected chi connectivity index (χ3v) is 2.26. The molecule has 5 nitrogen and oxygen atoms in total. The second-order valence-electron chi connectivity index (χ2n) is 4.97. The van der Waals surface area contributed by atoms with Gasteiger partial charge >= 0.3 is 0 Å². The van der Waals surface area contributed by atoms with E-state index in [1.54, 1.807) is 24.3 Å². The lowest BCUT2D eigenvalue weighted by atomic mass is 10.1. The van der Waals surface area contributed by atoms with E-state index in [-0.39, 0.29) is 11.4 Å². The van der Waals surface area contributed by atoms with Gasteiger partial charge in [-0.2, -0.15) is 5.26 Å². The first-order valence-corrected chi connectivity index (χ1v) is 6.11. The monoisotopic (exact) mass is 276 g/mol. The van der Waals surface area contributed by atoms with Crippen LogP contribution in [0.4, 0.5) is 0 Å². The number of carbonyl (C=O) groups is 1. The van der Waals surface area contributed by atoms with Gasteiger partial charge in [0.05, 0.1) is 11.6 Å². The van der Waals surface area contributed by atoms with E-state index >= 15 is 0 Å². The van der Waals surface area contributed by atoms with E-state index in [4.69, 9.17) is 17.5 Å². The molecule has 0 spiro atoms. The molecule has 1 rings (SSSR count). The van der Waals surface area contributed by atoms with Crippen molar-refractivity contribution in [3.63, 3.8) is 0 Å². The van der Waals surface area contributed by atoms with Gasteiger partial charge in [-0.15, -0.1) is 0 Å². The average Bonchev–Trinajstić information content (AvgIpc) is 2.34. The van der Waals surface area contributed by atoms with Gasteiger partial charge in [-0.3, -0.25) is 15.6 Å². The predicted octanol–water partition coefficient (Wildman–Crippen LogP) is 1.47. The van der Waals surface area contributed by atoms with Crippen LogP contribution in [-0.2, 0) is 0 Å². The lowest BCUT2D eigenvalue weighted by Crippen LogP contribution is -2.52. The molecule has 6 heteroatoms. The molecule has 1 aromatic rings. The summed E-state index contributed by atoms with van der Waals surface area (Å²) in [5, 5.41) is 12.0. The molecule has 0 saturated heterocycles. The zero-order valence-corrected chi connectivity index (χ0v) is 11.9. The van der Waals surface area contributed by atoms with Gasteiger partial charge in [-0.25, -0.2) is 0 Å². The number of carbonyl (C=O) groups excluding carboxylic acids is 1. The van der Waals surface area contributed by atoms with E-state index in [1.807, 2.05) is 26.8 Å². The standard InChI is InChI=1S/C13H16N4OS/c1-13(2,3)15-12(19)17-16-11(18)10-6-4-9(8-14)5-7-10/h4-7H,1-3H3,(H,16,18)(H2,15,17,19). The van der Waals surface area contributed by atoms with Gasteiger partial charge < -0.3 is 5.32 Å². The summed E-state index contributed by atoms with van der Waals surface area (Å²) in [6.45, 7) is 5.89. The largest absolute Gasteiger partial charge is 0.357 e. The fraction of sp³-hybridized carbons (Fsp3) is 0.308. The Morgan fingerprint density at radius 3 is 2.26 bits per heavy atom. The number of nitriles is 1. The van der Waals surface area contributed by atoms with Crippen molar-refractivity contribution in [2.24, 2.45) is 0 Å². The first-order valence-electron chi connectivity index (χ1n) is 5.70. The molecule has 0 atom stereocenters. The predicted molar refractivity (Wildman–Crippen MR) is 77.2 cm³/mol. The maximum Gasteiger partial charge on any atom is 0.269 e. The van der Waals surface area contributed by atoms with Crippen LogP contribution in [0, 0.1) is 11.3 Å². The second kappa shape index (κ2) is 6.16. The normalized spacial score (nSPS) is 10.2. The van der Waals surface area contributed by atoms with Crippen LogP contribution >= 0.6 is 12.2 Å². The van der Waals surface area contributed by atoms with Crippen LogP contribution in [0.2, 0.25) is 0 Å². The van der Waals surface area contributed by atoms with E-state index < -0.39 is 0 Å². The van der Waals surface area contributed by atoms with Crippen LogP contribution < -0.4 is 16.2 Å². The van der Waals surface area contributed by atoms with Crippen molar-refractivity contribution in [2.45, 2.75) is 26.3 Å². The van der Waals surface area contributed by atoms with E-state index in [9.17, 15) is 4.79 Å². The van der Waals surface area contributed by atoms with Crippen molar-refractivity contribution in [1.29, 1.82) is 5.26 Å². The van der Waals surface area contributed by atoms with Crippen molar-refractivity contribution in [3.8, 4) is 6.07 Å². The Kier molecular flexibility index (Phi) is 4.84. The highest BCUT2D eigenvalue weighted by molar-refractivity contribution is 7.80. The van der Waals surface area contributed by atoms with Gasteiger partial charge in [0, 0.05) is 11.1 Å². The number of benzene rings is 1. The summed E-state index contributed by atoms with van der Waals surface area (Å²) in [7, 11) is 0. The van der Waals surface area contributed by atoms with Gasteiger partial charge in [-0.1, -0.05) is 0 Å². The van der Waals surface area contributed by atoms with Crippen molar-refractivity contribution in [3.05, 3.63) is 35.4 Å². The Morgan fingerprint density at radius 1 is 1.21 bits per heavy atom. The van der Waals surface area contributed by atoms with Gasteiger partial charge in [0.15, 0.2) is 5.11 Å². The molecule has 3 N–H and O–H groups in total. The summed E-state index contributed by atoms with van der Waals surface area (Å²) in [6, 6.07) is 8.32. The van der Waals surface area contributed by atoms with Crippen molar-refractivity contribution < 1.29 is 4.79 Å². The highest BCUT2D eigenvalue weighted by Gasteiger charge is 2.11. The number of rotatable bonds is 1. The van der Waals surface area contributed by atoms with Crippen LogP contribution in [-0.4, -0.2) is 16.6 Å². The van der Waals surface area contributed by atoms with Crippen LogP contribution in [0.1, 0.15) is 36.7 Å². The van der Waals surface area contributed by atoms with Gasteiger partial charge in [-0.05, 0) is 57.3 Å². The SMILES string of the molecule is CC(C)(C)NC(=S)NNC(=O)c1ccc(C#N)cc1. The average molecular weight is 276 g/mol. The quantitative estimate of drug-likeness (QED) is 0.535. The van der Waals surface area contributed by atoms with Crippen molar-refractivity contribution >= 4 is 23.2 Å². The molecular weight excluding hydrogens is 260 g/mol. The molecule has 1 amide bonds. The molecule has 0 saturated carbocycles. The summed E-state index contributed by atoms with van der Waals surface area (Å²) in [5.74, 6) is -0.317. The molecule has 0 aliphatic carbocycles. The Balaban J connectivity index is 2.51. The molecule has 0 heterocycles. The molecule has 0 bridgehead atoms. The van der Waals surface area contributed by atoms with Crippen LogP contribution in [0.15, 0.2) is 24.3 Å².